The Bertz CT molecular complexity index is 355. The van der Waals surface area contributed by atoms with E-state index in [1.165, 1.54) is 25.7 Å². The van der Waals surface area contributed by atoms with Crippen LogP contribution in [0.2, 0.25) is 0 Å². The third-order valence-corrected chi connectivity index (χ3v) is 3.45. The third kappa shape index (κ3) is 3.01. The minimum atomic E-state index is 0.0280. The molecule has 0 heterocycles. The standard InChI is InChI=1S/C13H17NOS/c15-13(11-5-7-12(16)8-6-11)14-9-10-3-1-2-4-10/h5-8,10,16H,1-4,9H2,(H,14,15). The fraction of sp³-hybridized carbons (Fsp3) is 0.462. The minimum absolute atomic E-state index is 0.0280. The second kappa shape index (κ2) is 5.39. The van der Waals surface area contributed by atoms with Crippen molar-refractivity contribution in [2.24, 2.45) is 5.92 Å². The number of amides is 1. The molecule has 0 radical (unpaired) electrons. The molecule has 1 saturated carbocycles. The Balaban J connectivity index is 1.85. The summed E-state index contributed by atoms with van der Waals surface area (Å²) in [6.45, 7) is 0.821. The van der Waals surface area contributed by atoms with Gasteiger partial charge in [-0.2, -0.15) is 0 Å². The van der Waals surface area contributed by atoms with Gasteiger partial charge in [-0.15, -0.1) is 12.6 Å². The summed E-state index contributed by atoms with van der Waals surface area (Å²) in [6.07, 6.45) is 5.15. The van der Waals surface area contributed by atoms with E-state index in [1.54, 1.807) is 0 Å². The number of hydrogen-bond acceptors (Lipinski definition) is 2. The highest BCUT2D eigenvalue weighted by molar-refractivity contribution is 7.80. The Morgan fingerprint density at radius 2 is 1.88 bits per heavy atom. The van der Waals surface area contributed by atoms with Crippen molar-refractivity contribution in [2.75, 3.05) is 6.54 Å². The Morgan fingerprint density at radius 3 is 2.50 bits per heavy atom. The molecule has 3 heteroatoms. The molecule has 0 aliphatic heterocycles. The van der Waals surface area contributed by atoms with Gasteiger partial charge in [-0.1, -0.05) is 12.8 Å². The van der Waals surface area contributed by atoms with Crippen molar-refractivity contribution in [1.29, 1.82) is 0 Å². The van der Waals surface area contributed by atoms with Crippen LogP contribution in [0.4, 0.5) is 0 Å². The van der Waals surface area contributed by atoms with Gasteiger partial charge in [0, 0.05) is 17.0 Å². The average molecular weight is 235 g/mol. The van der Waals surface area contributed by atoms with E-state index in [0.717, 1.165) is 17.0 Å². The second-order valence-electron chi connectivity index (χ2n) is 4.41. The Morgan fingerprint density at radius 1 is 1.25 bits per heavy atom. The molecule has 0 aromatic heterocycles. The molecule has 1 fully saturated rings. The summed E-state index contributed by atoms with van der Waals surface area (Å²) in [7, 11) is 0. The lowest BCUT2D eigenvalue weighted by atomic mass is 10.1. The van der Waals surface area contributed by atoms with Gasteiger partial charge in [-0.05, 0) is 43.0 Å². The topological polar surface area (TPSA) is 29.1 Å². The molecule has 0 spiro atoms. The molecule has 1 aromatic carbocycles. The summed E-state index contributed by atoms with van der Waals surface area (Å²) in [6, 6.07) is 7.31. The van der Waals surface area contributed by atoms with Crippen LogP contribution in [0.25, 0.3) is 0 Å². The smallest absolute Gasteiger partial charge is 0.251 e. The van der Waals surface area contributed by atoms with Gasteiger partial charge in [0.25, 0.3) is 5.91 Å². The van der Waals surface area contributed by atoms with Crippen LogP contribution in [-0.2, 0) is 0 Å². The van der Waals surface area contributed by atoms with Crippen molar-refractivity contribution in [1.82, 2.24) is 5.32 Å². The zero-order valence-electron chi connectivity index (χ0n) is 9.28. The van der Waals surface area contributed by atoms with E-state index in [2.05, 4.69) is 17.9 Å². The summed E-state index contributed by atoms with van der Waals surface area (Å²) in [5.41, 5.74) is 0.718. The van der Waals surface area contributed by atoms with Crippen LogP contribution in [0.3, 0.4) is 0 Å². The molecule has 2 rings (SSSR count). The minimum Gasteiger partial charge on any atom is -0.352 e. The maximum Gasteiger partial charge on any atom is 0.251 e. The van der Waals surface area contributed by atoms with Crippen molar-refractivity contribution in [3.8, 4) is 0 Å². The molecular weight excluding hydrogens is 218 g/mol. The first-order chi connectivity index (χ1) is 7.75. The van der Waals surface area contributed by atoms with Crippen LogP contribution in [0.15, 0.2) is 29.2 Å². The van der Waals surface area contributed by atoms with Gasteiger partial charge in [0.1, 0.15) is 0 Å². The predicted octanol–water partition coefficient (Wildman–Crippen LogP) is 2.90. The Kier molecular flexibility index (Phi) is 3.88. The number of carbonyl (C=O) groups excluding carboxylic acids is 1. The highest BCUT2D eigenvalue weighted by atomic mass is 32.1. The molecule has 1 amide bonds. The fourth-order valence-electron chi connectivity index (χ4n) is 2.17. The first-order valence-corrected chi connectivity index (χ1v) is 6.27. The normalized spacial score (nSPS) is 16.3. The van der Waals surface area contributed by atoms with Crippen molar-refractivity contribution in [2.45, 2.75) is 30.6 Å². The molecule has 0 unspecified atom stereocenters. The molecule has 86 valence electrons. The van der Waals surface area contributed by atoms with E-state index < -0.39 is 0 Å². The second-order valence-corrected chi connectivity index (χ2v) is 4.92. The first kappa shape index (κ1) is 11.5. The summed E-state index contributed by atoms with van der Waals surface area (Å²) in [5, 5.41) is 3.00. The number of hydrogen-bond donors (Lipinski definition) is 2. The zero-order valence-corrected chi connectivity index (χ0v) is 10.2. The molecule has 1 N–H and O–H groups in total. The van der Waals surface area contributed by atoms with Crippen LogP contribution >= 0.6 is 12.6 Å². The van der Waals surface area contributed by atoms with Gasteiger partial charge < -0.3 is 5.32 Å². The Labute approximate surface area is 102 Å². The summed E-state index contributed by atoms with van der Waals surface area (Å²) in [5.74, 6) is 0.716. The predicted molar refractivity (Wildman–Crippen MR) is 68.0 cm³/mol. The van der Waals surface area contributed by atoms with E-state index in [1.807, 2.05) is 24.3 Å². The fourth-order valence-corrected chi connectivity index (χ4v) is 2.32. The monoisotopic (exact) mass is 235 g/mol. The number of rotatable bonds is 3. The maximum absolute atomic E-state index is 11.8. The number of benzene rings is 1. The quantitative estimate of drug-likeness (QED) is 0.775. The number of carbonyl (C=O) groups is 1. The van der Waals surface area contributed by atoms with Gasteiger partial charge >= 0.3 is 0 Å². The van der Waals surface area contributed by atoms with Gasteiger partial charge in [0.05, 0.1) is 0 Å². The van der Waals surface area contributed by atoms with Gasteiger partial charge in [0.2, 0.25) is 0 Å². The van der Waals surface area contributed by atoms with Crippen LogP contribution in [0.1, 0.15) is 36.0 Å². The highest BCUT2D eigenvalue weighted by Gasteiger charge is 2.15. The lowest BCUT2D eigenvalue weighted by Crippen LogP contribution is -2.28. The van der Waals surface area contributed by atoms with Crippen molar-refractivity contribution in [3.05, 3.63) is 29.8 Å². The van der Waals surface area contributed by atoms with E-state index in [9.17, 15) is 4.79 Å². The van der Waals surface area contributed by atoms with Crippen molar-refractivity contribution in [3.63, 3.8) is 0 Å². The van der Waals surface area contributed by atoms with Crippen LogP contribution in [0, 0.1) is 5.92 Å². The SMILES string of the molecule is O=C(NCC1CCCC1)c1ccc(S)cc1. The molecule has 1 aliphatic rings. The van der Waals surface area contributed by atoms with E-state index in [0.29, 0.717) is 5.92 Å². The van der Waals surface area contributed by atoms with Crippen molar-refractivity contribution < 1.29 is 4.79 Å². The molecule has 1 aromatic rings. The number of nitrogens with one attached hydrogen (secondary N) is 1. The molecular formula is C13H17NOS. The van der Waals surface area contributed by atoms with Crippen LogP contribution < -0.4 is 5.32 Å². The largest absolute Gasteiger partial charge is 0.352 e. The molecule has 0 atom stereocenters. The third-order valence-electron chi connectivity index (χ3n) is 3.16. The van der Waals surface area contributed by atoms with Gasteiger partial charge in [0.15, 0.2) is 0 Å². The first-order valence-electron chi connectivity index (χ1n) is 5.83. The van der Waals surface area contributed by atoms with Gasteiger partial charge in [-0.25, -0.2) is 0 Å². The van der Waals surface area contributed by atoms with E-state index in [4.69, 9.17) is 0 Å². The average Bonchev–Trinajstić information content (AvgIpc) is 2.80. The molecule has 0 saturated heterocycles. The molecule has 1 aliphatic carbocycles. The summed E-state index contributed by atoms with van der Waals surface area (Å²) in [4.78, 5) is 12.7. The lowest BCUT2D eigenvalue weighted by molar-refractivity contribution is 0.0947. The summed E-state index contributed by atoms with van der Waals surface area (Å²) >= 11 is 4.19. The molecule has 2 nitrogen and oxygen atoms in total. The van der Waals surface area contributed by atoms with Crippen LogP contribution in [-0.4, -0.2) is 12.5 Å². The highest BCUT2D eigenvalue weighted by Crippen LogP contribution is 2.23. The lowest BCUT2D eigenvalue weighted by Gasteiger charge is -2.10. The maximum atomic E-state index is 11.8. The van der Waals surface area contributed by atoms with Crippen LogP contribution in [0.5, 0.6) is 0 Å². The Hall–Kier alpha value is -0.960. The zero-order chi connectivity index (χ0) is 11.4. The number of thiol groups is 1. The van der Waals surface area contributed by atoms with E-state index >= 15 is 0 Å². The molecule has 16 heavy (non-hydrogen) atoms. The summed E-state index contributed by atoms with van der Waals surface area (Å²) < 4.78 is 0. The molecule has 0 bridgehead atoms. The van der Waals surface area contributed by atoms with E-state index in [-0.39, 0.29) is 5.91 Å². The van der Waals surface area contributed by atoms with Crippen molar-refractivity contribution >= 4 is 18.5 Å². The van der Waals surface area contributed by atoms with Gasteiger partial charge in [-0.3, -0.25) is 4.79 Å².